The fourth-order valence-electron chi connectivity index (χ4n) is 4.30. The van der Waals surface area contributed by atoms with Gasteiger partial charge in [-0.3, -0.25) is 14.6 Å². The van der Waals surface area contributed by atoms with Gasteiger partial charge >= 0.3 is 0 Å². The third-order valence-corrected chi connectivity index (χ3v) is 5.90. The van der Waals surface area contributed by atoms with Gasteiger partial charge in [-0.15, -0.1) is 0 Å². The van der Waals surface area contributed by atoms with E-state index in [1.165, 1.54) is 36.0 Å². The van der Waals surface area contributed by atoms with Gasteiger partial charge in [0.25, 0.3) is 0 Å². The van der Waals surface area contributed by atoms with Crippen LogP contribution < -0.4 is 5.32 Å². The van der Waals surface area contributed by atoms with E-state index in [-0.39, 0.29) is 11.9 Å². The Morgan fingerprint density at radius 1 is 1.00 bits per heavy atom. The number of fused-ring (bicyclic) bond motifs is 1. The number of nitrogens with one attached hydrogen (secondary N) is 1. The van der Waals surface area contributed by atoms with E-state index in [0.29, 0.717) is 0 Å². The molecular formula is C23H29N3O. The average molecular weight is 364 g/mol. The van der Waals surface area contributed by atoms with Crippen LogP contribution in [0.1, 0.15) is 36.0 Å². The molecule has 0 aliphatic carbocycles. The lowest BCUT2D eigenvalue weighted by Gasteiger charge is -2.33. The van der Waals surface area contributed by atoms with Gasteiger partial charge in [-0.05, 0) is 62.2 Å². The second-order valence-electron chi connectivity index (χ2n) is 7.89. The predicted molar refractivity (Wildman–Crippen MR) is 110 cm³/mol. The van der Waals surface area contributed by atoms with E-state index in [4.69, 9.17) is 0 Å². The highest BCUT2D eigenvalue weighted by molar-refractivity contribution is 5.95. The molecule has 1 N–H and O–H groups in total. The Hall–Kier alpha value is -2.17. The van der Waals surface area contributed by atoms with Gasteiger partial charge in [0.2, 0.25) is 5.91 Å². The van der Waals surface area contributed by atoms with Crippen molar-refractivity contribution in [1.29, 1.82) is 0 Å². The first-order valence-corrected chi connectivity index (χ1v) is 10.1. The molecule has 2 aromatic carbocycles. The number of carbonyl (C=O) groups excluding carboxylic acids is 1. The molecule has 0 spiro atoms. The van der Waals surface area contributed by atoms with Crippen molar-refractivity contribution in [2.24, 2.45) is 0 Å². The molecule has 0 radical (unpaired) electrons. The molecule has 2 aliphatic heterocycles. The van der Waals surface area contributed by atoms with Crippen LogP contribution in [0.25, 0.3) is 0 Å². The number of likely N-dealkylation sites (N-methyl/N-ethyl adjacent to an activating group) is 1. The van der Waals surface area contributed by atoms with Gasteiger partial charge in [0.1, 0.15) is 0 Å². The summed E-state index contributed by atoms with van der Waals surface area (Å²) in [7, 11) is 2.04. The molecule has 0 aromatic heterocycles. The van der Waals surface area contributed by atoms with E-state index >= 15 is 0 Å². The first-order chi connectivity index (χ1) is 13.2. The first-order valence-electron chi connectivity index (χ1n) is 10.1. The summed E-state index contributed by atoms with van der Waals surface area (Å²) in [6.45, 7) is 4.05. The second kappa shape index (κ2) is 8.24. The van der Waals surface area contributed by atoms with Crippen LogP contribution in [0.2, 0.25) is 0 Å². The van der Waals surface area contributed by atoms with Crippen LogP contribution in [0.3, 0.4) is 0 Å². The van der Waals surface area contributed by atoms with Crippen molar-refractivity contribution in [2.45, 2.75) is 44.8 Å². The molecule has 1 unspecified atom stereocenters. The SMILES string of the molecule is CN1Cc2ccccc2CC1C(=O)Nc1ccccc1CN1CCCCC1. The quantitative estimate of drug-likeness (QED) is 0.900. The van der Waals surface area contributed by atoms with Crippen molar-refractivity contribution in [2.75, 3.05) is 25.5 Å². The first kappa shape index (κ1) is 18.2. The third kappa shape index (κ3) is 4.23. The maximum absolute atomic E-state index is 13.1. The number of benzene rings is 2. The summed E-state index contributed by atoms with van der Waals surface area (Å²) in [4.78, 5) is 17.7. The summed E-state index contributed by atoms with van der Waals surface area (Å²) >= 11 is 0. The van der Waals surface area contributed by atoms with Gasteiger partial charge in [-0.1, -0.05) is 48.9 Å². The van der Waals surface area contributed by atoms with Crippen LogP contribution in [-0.4, -0.2) is 41.9 Å². The molecule has 2 aliphatic rings. The molecule has 1 atom stereocenters. The maximum atomic E-state index is 13.1. The van der Waals surface area contributed by atoms with Crippen LogP contribution in [-0.2, 0) is 24.3 Å². The molecule has 2 heterocycles. The van der Waals surface area contributed by atoms with E-state index < -0.39 is 0 Å². The van der Waals surface area contributed by atoms with Crippen molar-refractivity contribution in [1.82, 2.24) is 9.80 Å². The van der Waals surface area contributed by atoms with Gasteiger partial charge in [-0.25, -0.2) is 0 Å². The molecule has 4 nitrogen and oxygen atoms in total. The molecule has 0 saturated carbocycles. The molecule has 4 rings (SSSR count). The standard InChI is InChI=1S/C23H29N3O/c1-25-16-19-10-4-3-9-18(19)15-22(25)23(27)24-21-12-6-5-11-20(21)17-26-13-7-2-8-14-26/h3-6,9-12,22H,2,7-8,13-17H2,1H3,(H,24,27). The topological polar surface area (TPSA) is 35.6 Å². The summed E-state index contributed by atoms with van der Waals surface area (Å²) < 4.78 is 0. The third-order valence-electron chi connectivity index (χ3n) is 5.90. The van der Waals surface area contributed by atoms with Crippen molar-refractivity contribution >= 4 is 11.6 Å². The monoisotopic (exact) mass is 363 g/mol. The molecule has 1 saturated heterocycles. The second-order valence-corrected chi connectivity index (χ2v) is 7.89. The fraction of sp³-hybridized carbons (Fsp3) is 0.435. The fourth-order valence-corrected chi connectivity index (χ4v) is 4.30. The molecule has 4 heteroatoms. The molecule has 2 aromatic rings. The molecule has 27 heavy (non-hydrogen) atoms. The molecule has 1 amide bonds. The number of likely N-dealkylation sites (tertiary alicyclic amines) is 1. The minimum Gasteiger partial charge on any atom is -0.324 e. The van der Waals surface area contributed by atoms with Gasteiger partial charge in [0.15, 0.2) is 0 Å². The van der Waals surface area contributed by atoms with E-state index in [1.807, 2.05) is 19.2 Å². The minimum atomic E-state index is -0.122. The van der Waals surface area contributed by atoms with Gasteiger partial charge < -0.3 is 5.32 Å². The smallest absolute Gasteiger partial charge is 0.242 e. The number of hydrogen-bond donors (Lipinski definition) is 1. The Bertz CT molecular complexity index is 798. The molecule has 142 valence electrons. The Morgan fingerprint density at radius 2 is 1.70 bits per heavy atom. The Morgan fingerprint density at radius 3 is 2.52 bits per heavy atom. The number of anilines is 1. The highest BCUT2D eigenvalue weighted by Crippen LogP contribution is 2.24. The lowest BCUT2D eigenvalue weighted by molar-refractivity contribution is -0.121. The lowest BCUT2D eigenvalue weighted by Crippen LogP contribution is -2.46. The number of hydrogen-bond acceptors (Lipinski definition) is 3. The van der Waals surface area contributed by atoms with Gasteiger partial charge in [-0.2, -0.15) is 0 Å². The van der Waals surface area contributed by atoms with Crippen LogP contribution in [0.4, 0.5) is 5.69 Å². The predicted octanol–water partition coefficient (Wildman–Crippen LogP) is 3.67. The van der Waals surface area contributed by atoms with Crippen molar-refractivity contribution in [3.05, 3.63) is 65.2 Å². The summed E-state index contributed by atoms with van der Waals surface area (Å²) in [5.41, 5.74) is 4.79. The highest BCUT2D eigenvalue weighted by atomic mass is 16.2. The van der Waals surface area contributed by atoms with Crippen molar-refractivity contribution < 1.29 is 4.79 Å². The van der Waals surface area contributed by atoms with Crippen molar-refractivity contribution in [3.8, 4) is 0 Å². The largest absolute Gasteiger partial charge is 0.324 e. The van der Waals surface area contributed by atoms with Crippen LogP contribution in [0, 0.1) is 0 Å². The Kier molecular flexibility index (Phi) is 5.55. The van der Waals surface area contributed by atoms with Crippen LogP contribution in [0.15, 0.2) is 48.5 Å². The van der Waals surface area contributed by atoms with Crippen LogP contribution >= 0.6 is 0 Å². The number of carbonyl (C=O) groups is 1. The van der Waals surface area contributed by atoms with E-state index in [2.05, 4.69) is 51.5 Å². The lowest BCUT2D eigenvalue weighted by atomic mass is 9.94. The van der Waals surface area contributed by atoms with Gasteiger partial charge in [0, 0.05) is 18.8 Å². The van der Waals surface area contributed by atoms with Gasteiger partial charge in [0.05, 0.1) is 6.04 Å². The zero-order valence-electron chi connectivity index (χ0n) is 16.2. The van der Waals surface area contributed by atoms with E-state index in [0.717, 1.165) is 38.3 Å². The minimum absolute atomic E-state index is 0.0955. The molecular weight excluding hydrogens is 334 g/mol. The maximum Gasteiger partial charge on any atom is 0.242 e. The van der Waals surface area contributed by atoms with E-state index in [1.54, 1.807) is 0 Å². The zero-order valence-corrected chi connectivity index (χ0v) is 16.2. The number of nitrogens with zero attached hydrogens (tertiary/aromatic N) is 2. The summed E-state index contributed by atoms with van der Waals surface area (Å²) in [5.74, 6) is 0.0955. The molecule has 1 fully saturated rings. The average Bonchev–Trinajstić information content (AvgIpc) is 2.69. The number of piperidine rings is 1. The Labute approximate surface area is 162 Å². The Balaban J connectivity index is 1.47. The van der Waals surface area contributed by atoms with Crippen LogP contribution in [0.5, 0.6) is 0 Å². The number of para-hydroxylation sites is 1. The summed E-state index contributed by atoms with van der Waals surface area (Å²) in [5, 5.41) is 3.22. The summed E-state index contributed by atoms with van der Waals surface area (Å²) in [6, 6.07) is 16.6. The number of rotatable bonds is 4. The zero-order chi connectivity index (χ0) is 18.6. The highest BCUT2D eigenvalue weighted by Gasteiger charge is 2.29. The summed E-state index contributed by atoms with van der Waals surface area (Å²) in [6.07, 6.45) is 4.67. The number of amides is 1. The molecule has 0 bridgehead atoms. The van der Waals surface area contributed by atoms with Crippen molar-refractivity contribution in [3.63, 3.8) is 0 Å². The van der Waals surface area contributed by atoms with E-state index in [9.17, 15) is 4.79 Å². The normalized spacial score (nSPS) is 20.9.